The first kappa shape index (κ1) is 19.4. The smallest absolute Gasteiger partial charge is 0.337 e. The number of hydrogen-bond donors (Lipinski definition) is 1. The van der Waals surface area contributed by atoms with Crippen LogP contribution >= 0.6 is 0 Å². The molecule has 2 aromatic carbocycles. The van der Waals surface area contributed by atoms with Gasteiger partial charge in [0.25, 0.3) is 0 Å². The number of esters is 1. The summed E-state index contributed by atoms with van der Waals surface area (Å²) in [4.78, 5) is 40.3. The maximum atomic E-state index is 12.6. The third kappa shape index (κ3) is 4.14. The number of nitrogens with zero attached hydrogens (tertiary/aromatic N) is 2. The SMILES string of the molecule is COC(=O)c1cccc(NC(=O)C2CC(=O)N(c3ccc(N(C)C)cc3)C2)c1. The summed E-state index contributed by atoms with van der Waals surface area (Å²) in [5.41, 5.74) is 2.66. The molecule has 1 aliphatic rings. The molecule has 1 N–H and O–H groups in total. The van der Waals surface area contributed by atoms with Gasteiger partial charge in [-0.2, -0.15) is 0 Å². The Bertz CT molecular complexity index is 893. The Kier molecular flexibility index (Phi) is 5.63. The minimum atomic E-state index is -0.473. The summed E-state index contributed by atoms with van der Waals surface area (Å²) in [6.07, 6.45) is 0.151. The quantitative estimate of drug-likeness (QED) is 0.805. The number of hydrogen-bond acceptors (Lipinski definition) is 5. The standard InChI is InChI=1S/C21H23N3O4/c1-23(2)17-7-9-18(10-8-17)24-13-15(12-19(24)25)20(26)22-16-6-4-5-14(11-16)21(27)28-3/h4-11,15H,12-13H2,1-3H3,(H,22,26). The van der Waals surface area contributed by atoms with Crippen LogP contribution in [0.3, 0.4) is 0 Å². The van der Waals surface area contributed by atoms with Crippen molar-refractivity contribution in [3.63, 3.8) is 0 Å². The van der Waals surface area contributed by atoms with Crippen molar-refractivity contribution in [2.75, 3.05) is 42.9 Å². The largest absolute Gasteiger partial charge is 0.465 e. The summed E-state index contributed by atoms with van der Waals surface area (Å²) in [6.45, 7) is 0.322. The summed E-state index contributed by atoms with van der Waals surface area (Å²) in [5.74, 6) is -1.26. The molecule has 1 aliphatic heterocycles. The predicted octanol–water partition coefficient (Wildman–Crippen LogP) is 2.53. The van der Waals surface area contributed by atoms with Crippen LogP contribution in [0, 0.1) is 5.92 Å². The van der Waals surface area contributed by atoms with Gasteiger partial charge in [-0.15, -0.1) is 0 Å². The number of ether oxygens (including phenoxy) is 1. The molecule has 7 nitrogen and oxygen atoms in total. The molecule has 1 unspecified atom stereocenters. The highest BCUT2D eigenvalue weighted by Crippen LogP contribution is 2.27. The van der Waals surface area contributed by atoms with Gasteiger partial charge in [0.1, 0.15) is 0 Å². The molecule has 28 heavy (non-hydrogen) atoms. The second-order valence-corrected chi connectivity index (χ2v) is 6.88. The van der Waals surface area contributed by atoms with Crippen molar-refractivity contribution in [3.05, 3.63) is 54.1 Å². The van der Waals surface area contributed by atoms with E-state index >= 15 is 0 Å². The first-order valence-corrected chi connectivity index (χ1v) is 8.96. The van der Waals surface area contributed by atoms with Crippen molar-refractivity contribution in [1.82, 2.24) is 0 Å². The summed E-state index contributed by atoms with van der Waals surface area (Å²) >= 11 is 0. The van der Waals surface area contributed by atoms with Crippen LogP contribution in [0.1, 0.15) is 16.8 Å². The zero-order chi connectivity index (χ0) is 20.3. The fourth-order valence-corrected chi connectivity index (χ4v) is 3.15. The van der Waals surface area contributed by atoms with Crippen LogP contribution in [0.25, 0.3) is 0 Å². The second kappa shape index (κ2) is 8.12. The summed E-state index contributed by atoms with van der Waals surface area (Å²) in [7, 11) is 5.20. The molecule has 2 amide bonds. The van der Waals surface area contributed by atoms with E-state index in [9.17, 15) is 14.4 Å². The fourth-order valence-electron chi connectivity index (χ4n) is 3.15. The lowest BCUT2D eigenvalue weighted by molar-refractivity contribution is -0.122. The number of amides is 2. The number of anilines is 3. The van der Waals surface area contributed by atoms with Crippen molar-refractivity contribution in [2.45, 2.75) is 6.42 Å². The molecule has 0 bridgehead atoms. The monoisotopic (exact) mass is 381 g/mol. The minimum Gasteiger partial charge on any atom is -0.465 e. The van der Waals surface area contributed by atoms with E-state index in [1.807, 2.05) is 43.3 Å². The molecule has 1 saturated heterocycles. The lowest BCUT2D eigenvalue weighted by atomic mass is 10.1. The lowest BCUT2D eigenvalue weighted by Crippen LogP contribution is -2.28. The van der Waals surface area contributed by atoms with Gasteiger partial charge in [0.15, 0.2) is 0 Å². The minimum absolute atomic E-state index is 0.0823. The van der Waals surface area contributed by atoms with E-state index in [0.717, 1.165) is 11.4 Å². The van der Waals surface area contributed by atoms with Crippen LogP contribution in [0.2, 0.25) is 0 Å². The van der Waals surface area contributed by atoms with E-state index in [0.29, 0.717) is 17.8 Å². The van der Waals surface area contributed by atoms with E-state index in [4.69, 9.17) is 4.74 Å². The second-order valence-electron chi connectivity index (χ2n) is 6.88. The molecule has 2 aromatic rings. The maximum absolute atomic E-state index is 12.6. The molecule has 7 heteroatoms. The molecule has 146 valence electrons. The molecule has 0 spiro atoms. The Labute approximate surface area is 163 Å². The molecule has 0 aromatic heterocycles. The Balaban J connectivity index is 1.67. The Hall–Kier alpha value is -3.35. The van der Waals surface area contributed by atoms with E-state index < -0.39 is 11.9 Å². The van der Waals surface area contributed by atoms with Crippen LogP contribution in [0.15, 0.2) is 48.5 Å². The number of carbonyl (C=O) groups excluding carboxylic acids is 3. The van der Waals surface area contributed by atoms with Gasteiger partial charge in [0.2, 0.25) is 11.8 Å². The van der Waals surface area contributed by atoms with Gasteiger partial charge in [0.05, 0.1) is 18.6 Å². The normalized spacial score (nSPS) is 16.0. The third-order valence-corrected chi connectivity index (χ3v) is 4.72. The molecular formula is C21H23N3O4. The summed E-state index contributed by atoms with van der Waals surface area (Å²) in [6, 6.07) is 14.2. The van der Waals surface area contributed by atoms with E-state index in [-0.39, 0.29) is 18.2 Å². The molecule has 1 heterocycles. The Morgan fingerprint density at radius 1 is 1.14 bits per heavy atom. The third-order valence-electron chi connectivity index (χ3n) is 4.72. The van der Waals surface area contributed by atoms with Gasteiger partial charge in [0, 0.05) is 44.1 Å². The van der Waals surface area contributed by atoms with Gasteiger partial charge in [-0.05, 0) is 42.5 Å². The molecule has 0 aliphatic carbocycles. The fraction of sp³-hybridized carbons (Fsp3) is 0.286. The molecular weight excluding hydrogens is 358 g/mol. The average molecular weight is 381 g/mol. The zero-order valence-corrected chi connectivity index (χ0v) is 16.1. The number of nitrogens with one attached hydrogen (secondary N) is 1. The summed E-state index contributed by atoms with van der Waals surface area (Å²) in [5, 5.41) is 2.79. The molecule has 0 saturated carbocycles. The Morgan fingerprint density at radius 3 is 2.50 bits per heavy atom. The molecule has 3 rings (SSSR count). The number of methoxy groups -OCH3 is 1. The molecule has 1 atom stereocenters. The van der Waals surface area contributed by atoms with Crippen molar-refractivity contribution >= 4 is 34.8 Å². The van der Waals surface area contributed by atoms with E-state index in [1.165, 1.54) is 7.11 Å². The lowest BCUT2D eigenvalue weighted by Gasteiger charge is -2.19. The highest BCUT2D eigenvalue weighted by atomic mass is 16.5. The molecule has 0 radical (unpaired) electrons. The topological polar surface area (TPSA) is 78.9 Å². The maximum Gasteiger partial charge on any atom is 0.337 e. The van der Waals surface area contributed by atoms with Crippen molar-refractivity contribution in [3.8, 4) is 0 Å². The number of carbonyl (C=O) groups is 3. The van der Waals surface area contributed by atoms with Gasteiger partial charge in [-0.1, -0.05) is 6.07 Å². The zero-order valence-electron chi connectivity index (χ0n) is 16.1. The van der Waals surface area contributed by atoms with Gasteiger partial charge in [-0.25, -0.2) is 4.79 Å². The van der Waals surface area contributed by atoms with Crippen LogP contribution in [-0.2, 0) is 14.3 Å². The van der Waals surface area contributed by atoms with Gasteiger partial charge >= 0.3 is 5.97 Å². The highest BCUT2D eigenvalue weighted by Gasteiger charge is 2.35. The van der Waals surface area contributed by atoms with Gasteiger partial charge < -0.3 is 19.9 Å². The first-order valence-electron chi connectivity index (χ1n) is 8.96. The van der Waals surface area contributed by atoms with Crippen LogP contribution in [-0.4, -0.2) is 45.5 Å². The van der Waals surface area contributed by atoms with Crippen molar-refractivity contribution < 1.29 is 19.1 Å². The predicted molar refractivity (Wildman–Crippen MR) is 108 cm³/mol. The van der Waals surface area contributed by atoms with E-state index in [1.54, 1.807) is 29.2 Å². The van der Waals surface area contributed by atoms with Gasteiger partial charge in [-0.3, -0.25) is 9.59 Å². The summed E-state index contributed by atoms with van der Waals surface area (Å²) < 4.78 is 4.69. The van der Waals surface area contributed by atoms with Crippen molar-refractivity contribution in [1.29, 1.82) is 0 Å². The number of rotatable bonds is 5. The van der Waals surface area contributed by atoms with Crippen molar-refractivity contribution in [2.24, 2.45) is 5.92 Å². The van der Waals surface area contributed by atoms with Crippen LogP contribution in [0.5, 0.6) is 0 Å². The van der Waals surface area contributed by atoms with Crippen LogP contribution in [0.4, 0.5) is 17.1 Å². The van der Waals surface area contributed by atoms with E-state index in [2.05, 4.69) is 5.32 Å². The number of benzene rings is 2. The highest BCUT2D eigenvalue weighted by molar-refractivity contribution is 6.04. The molecule has 1 fully saturated rings. The first-order chi connectivity index (χ1) is 13.4. The average Bonchev–Trinajstić information content (AvgIpc) is 3.09. The van der Waals surface area contributed by atoms with Crippen LogP contribution < -0.4 is 15.1 Å². The Morgan fingerprint density at radius 2 is 1.86 bits per heavy atom.